The number of carbonyl (C=O) groups excluding carboxylic acids is 2. The summed E-state index contributed by atoms with van der Waals surface area (Å²) in [6.45, 7) is 4.60. The summed E-state index contributed by atoms with van der Waals surface area (Å²) in [5.41, 5.74) is 5.42. The highest BCUT2D eigenvalue weighted by Crippen LogP contribution is 2.66. The van der Waals surface area contributed by atoms with E-state index < -0.39 is 21.3 Å². The van der Waals surface area contributed by atoms with Gasteiger partial charge in [-0.1, -0.05) is 51.5 Å². The fourth-order valence-corrected chi connectivity index (χ4v) is 11.0. The van der Waals surface area contributed by atoms with Crippen molar-refractivity contribution in [3.8, 4) is 17.0 Å². The number of piperazine rings is 1. The first-order chi connectivity index (χ1) is 23.7. The van der Waals surface area contributed by atoms with Gasteiger partial charge < -0.3 is 19.5 Å². The van der Waals surface area contributed by atoms with Gasteiger partial charge in [0.2, 0.25) is 15.9 Å². The van der Waals surface area contributed by atoms with Gasteiger partial charge in [-0.2, -0.15) is 0 Å². The molecule has 3 heterocycles. The molecule has 2 N–H and O–H groups in total. The van der Waals surface area contributed by atoms with Crippen LogP contribution in [0.2, 0.25) is 0 Å². The van der Waals surface area contributed by atoms with Gasteiger partial charge in [-0.25, -0.2) is 13.1 Å². The molecular weight excluding hydrogens is 637 g/mol. The predicted octanol–water partition coefficient (Wildman–Crippen LogP) is 6.46. The number of benzene rings is 2. The molecule has 2 unspecified atom stereocenters. The number of fused-ring (bicyclic) bond motifs is 7. The van der Waals surface area contributed by atoms with Gasteiger partial charge in [0.1, 0.15) is 5.75 Å². The van der Waals surface area contributed by atoms with Crippen molar-refractivity contribution in [1.82, 2.24) is 19.5 Å². The molecule has 3 aliphatic carbocycles. The van der Waals surface area contributed by atoms with Gasteiger partial charge >= 0.3 is 0 Å². The third-order valence-corrected chi connectivity index (χ3v) is 13.8. The molecule has 4 fully saturated rings. The molecule has 2 aliphatic heterocycles. The highest BCUT2D eigenvalue weighted by molar-refractivity contribution is 7.90. The average Bonchev–Trinajstić information content (AvgIpc) is 3.78. The Morgan fingerprint density at radius 2 is 1.78 bits per heavy atom. The maximum atomic E-state index is 15.0. The monoisotopic (exact) mass is 686 g/mol. The molecule has 3 aromatic rings. The number of ether oxygens (including phenoxy) is 1. The van der Waals surface area contributed by atoms with Crippen molar-refractivity contribution in [3.63, 3.8) is 0 Å². The van der Waals surface area contributed by atoms with Gasteiger partial charge in [0.15, 0.2) is 0 Å². The molecule has 2 atom stereocenters. The summed E-state index contributed by atoms with van der Waals surface area (Å²) < 4.78 is 35.6. The Bertz CT molecular complexity index is 1900. The van der Waals surface area contributed by atoms with E-state index in [1.54, 1.807) is 20.1 Å². The van der Waals surface area contributed by atoms with Crippen LogP contribution in [0, 0.1) is 5.41 Å². The first kappa shape index (κ1) is 32.8. The number of rotatable bonds is 7. The van der Waals surface area contributed by atoms with Crippen LogP contribution in [0.1, 0.15) is 117 Å². The molecule has 2 aromatic carbocycles. The molecule has 9 nitrogen and oxygen atoms in total. The second kappa shape index (κ2) is 12.4. The molecular formula is C39H50N4O5S. The number of hydrogen-bond donors (Lipinski definition) is 2. The van der Waals surface area contributed by atoms with Crippen molar-refractivity contribution in [2.24, 2.45) is 5.41 Å². The first-order valence-corrected chi connectivity index (χ1v) is 20.3. The average molecular weight is 687 g/mol. The van der Waals surface area contributed by atoms with Crippen LogP contribution in [0.4, 0.5) is 0 Å². The molecule has 1 saturated heterocycles. The first-order valence-electron chi connectivity index (χ1n) is 18.6. The predicted molar refractivity (Wildman–Crippen MR) is 191 cm³/mol. The number of methoxy groups -OCH3 is 1. The summed E-state index contributed by atoms with van der Waals surface area (Å²) in [7, 11) is -2.03. The number of aromatic nitrogens is 1. The number of hydrogen-bond acceptors (Lipinski definition) is 6. The number of nitrogens with zero attached hydrogens (tertiary/aromatic N) is 2. The number of sulfonamides is 1. The molecule has 8 rings (SSSR count). The number of amides is 2. The minimum Gasteiger partial charge on any atom is -0.497 e. The van der Waals surface area contributed by atoms with E-state index in [1.807, 2.05) is 18.2 Å². The van der Waals surface area contributed by atoms with Crippen LogP contribution >= 0.6 is 0 Å². The van der Waals surface area contributed by atoms with Gasteiger partial charge in [0.25, 0.3) is 5.91 Å². The molecule has 2 amide bonds. The molecule has 10 heteroatoms. The van der Waals surface area contributed by atoms with E-state index in [4.69, 9.17) is 4.74 Å². The lowest BCUT2D eigenvalue weighted by molar-refractivity contribution is -0.140. The van der Waals surface area contributed by atoms with E-state index in [9.17, 15) is 13.2 Å². The summed E-state index contributed by atoms with van der Waals surface area (Å²) in [4.78, 5) is 30.6. The highest BCUT2D eigenvalue weighted by atomic mass is 32.2. The van der Waals surface area contributed by atoms with Crippen molar-refractivity contribution in [3.05, 3.63) is 53.1 Å². The van der Waals surface area contributed by atoms with Crippen LogP contribution in [-0.4, -0.2) is 67.7 Å². The smallest absolute Gasteiger partial charge is 0.264 e. The molecule has 1 spiro atoms. The lowest BCUT2D eigenvalue weighted by Gasteiger charge is -2.47. The quantitative estimate of drug-likeness (QED) is 0.296. The van der Waals surface area contributed by atoms with E-state index in [2.05, 4.69) is 31.6 Å². The lowest BCUT2D eigenvalue weighted by atomic mass is 9.79. The van der Waals surface area contributed by atoms with Crippen LogP contribution in [-0.2, 0) is 21.4 Å². The van der Waals surface area contributed by atoms with Crippen LogP contribution in [0.3, 0.4) is 0 Å². The molecule has 1 aromatic heterocycles. The minimum atomic E-state index is -3.74. The van der Waals surface area contributed by atoms with Crippen LogP contribution in [0.25, 0.3) is 22.2 Å². The maximum Gasteiger partial charge on any atom is 0.264 e. The summed E-state index contributed by atoms with van der Waals surface area (Å²) in [5, 5.41) is 4.91. The summed E-state index contributed by atoms with van der Waals surface area (Å²) in [6.07, 6.45) is 12.9. The molecule has 0 radical (unpaired) electrons. The molecule has 0 bridgehead atoms. The van der Waals surface area contributed by atoms with Crippen molar-refractivity contribution in [1.29, 1.82) is 0 Å². The van der Waals surface area contributed by atoms with E-state index in [1.165, 1.54) is 49.7 Å². The molecule has 5 aliphatic rings. The Balaban J connectivity index is 1.28. The number of nitrogens with one attached hydrogen (secondary N) is 2. The van der Waals surface area contributed by atoms with Gasteiger partial charge in [0, 0.05) is 59.7 Å². The fraction of sp³-hybridized carbons (Fsp3) is 0.590. The molecule has 3 saturated carbocycles. The second-order valence-corrected chi connectivity index (χ2v) is 17.4. The van der Waals surface area contributed by atoms with Crippen molar-refractivity contribution in [2.75, 3.05) is 32.5 Å². The van der Waals surface area contributed by atoms with Crippen molar-refractivity contribution in [2.45, 2.75) is 108 Å². The summed E-state index contributed by atoms with van der Waals surface area (Å²) >= 11 is 0. The summed E-state index contributed by atoms with van der Waals surface area (Å²) in [5.74, 6) is 0.761. The topological polar surface area (TPSA) is 110 Å². The summed E-state index contributed by atoms with van der Waals surface area (Å²) in [6, 6.07) is 12.0. The Morgan fingerprint density at radius 1 is 1.00 bits per heavy atom. The highest BCUT2D eigenvalue weighted by Gasteiger charge is 2.64. The fourth-order valence-electron chi connectivity index (χ4n) is 9.95. The zero-order valence-electron chi connectivity index (χ0n) is 29.0. The Hall–Kier alpha value is -3.37. The normalized spacial score (nSPS) is 24.9. The zero-order valence-corrected chi connectivity index (χ0v) is 29.8. The lowest BCUT2D eigenvalue weighted by Crippen LogP contribution is -2.63. The van der Waals surface area contributed by atoms with E-state index in [0.717, 1.165) is 73.1 Å². The Morgan fingerprint density at radius 3 is 2.53 bits per heavy atom. The maximum absolute atomic E-state index is 15.0. The van der Waals surface area contributed by atoms with Crippen molar-refractivity contribution >= 4 is 32.7 Å². The SMILES string of the molecule is CCCS(=O)(=O)NC(=O)c1ccc2c(C3CCCCC3)c3n(c2c1)CC1(C(=O)N2CCNC4(CCCCC4)C2)CC1c1cc(OC)ccc1-3. The van der Waals surface area contributed by atoms with Crippen molar-refractivity contribution < 1.29 is 22.7 Å². The molecule has 262 valence electrons. The van der Waals surface area contributed by atoms with Gasteiger partial charge in [-0.05, 0) is 85.9 Å². The minimum absolute atomic E-state index is 0.0128. The Labute approximate surface area is 290 Å². The van der Waals surface area contributed by atoms with Crippen LogP contribution < -0.4 is 14.8 Å². The van der Waals surface area contributed by atoms with Crippen LogP contribution in [0.15, 0.2) is 36.4 Å². The second-order valence-electron chi connectivity index (χ2n) is 15.5. The van der Waals surface area contributed by atoms with Gasteiger partial charge in [0.05, 0.1) is 24.0 Å². The Kier molecular flexibility index (Phi) is 8.33. The van der Waals surface area contributed by atoms with E-state index in [-0.39, 0.29) is 23.1 Å². The molecule has 49 heavy (non-hydrogen) atoms. The largest absolute Gasteiger partial charge is 0.497 e. The van der Waals surface area contributed by atoms with Gasteiger partial charge in [-0.15, -0.1) is 0 Å². The van der Waals surface area contributed by atoms with Crippen LogP contribution in [0.5, 0.6) is 5.75 Å². The van der Waals surface area contributed by atoms with E-state index >= 15 is 4.79 Å². The third-order valence-electron chi connectivity index (χ3n) is 12.4. The third kappa shape index (κ3) is 5.67. The van der Waals surface area contributed by atoms with Gasteiger partial charge in [-0.3, -0.25) is 9.59 Å². The standard InChI is InChI=1S/C39H50N4O5S/c1-3-20-49(46,47)41-36(44)27-12-14-30-33(21-27)43-25-39(37(45)42-19-18-40-38(24-42)16-8-5-9-17-38)23-32(39)31-22-28(48-2)13-15-29(31)35(43)34(30)26-10-6-4-7-11-26/h12-15,21-22,26,32,40H,3-11,16-20,23-25H2,1-2H3,(H,41,44). The van der Waals surface area contributed by atoms with E-state index in [0.29, 0.717) is 31.0 Å². The number of carbonyl (C=O) groups is 2. The zero-order chi connectivity index (χ0) is 34.0.